The van der Waals surface area contributed by atoms with Crippen LogP contribution in [0.4, 0.5) is 5.69 Å². The molecule has 1 fully saturated rings. The summed E-state index contributed by atoms with van der Waals surface area (Å²) in [7, 11) is 0. The van der Waals surface area contributed by atoms with Gasteiger partial charge >= 0.3 is 0 Å². The molecule has 0 bridgehead atoms. The van der Waals surface area contributed by atoms with E-state index >= 15 is 0 Å². The highest BCUT2D eigenvalue weighted by atomic mass is 35.5. The molecule has 2 aliphatic heterocycles. The van der Waals surface area contributed by atoms with Gasteiger partial charge in [0.15, 0.2) is 0 Å². The summed E-state index contributed by atoms with van der Waals surface area (Å²) in [5, 5.41) is 16.1. The number of hydrogen-bond donors (Lipinski definition) is 3. The second-order valence-corrected chi connectivity index (χ2v) is 7.88. The summed E-state index contributed by atoms with van der Waals surface area (Å²) in [6.07, 6.45) is 1.91. The summed E-state index contributed by atoms with van der Waals surface area (Å²) in [5.41, 5.74) is 4.32. The van der Waals surface area contributed by atoms with Gasteiger partial charge in [-0.1, -0.05) is 35.9 Å². The highest BCUT2D eigenvalue weighted by Crippen LogP contribution is 2.50. The van der Waals surface area contributed by atoms with Crippen LogP contribution >= 0.6 is 11.6 Å². The number of carbonyl (C=O) groups is 1. The number of amides is 1. The molecule has 2 aliphatic rings. The third-order valence-electron chi connectivity index (χ3n) is 5.53. The zero-order valence-corrected chi connectivity index (χ0v) is 16.4. The Balaban J connectivity index is 1.55. The monoisotopic (exact) mass is 400 g/mol. The highest BCUT2D eigenvalue weighted by Gasteiger charge is 2.41. The topological polar surface area (TPSA) is 70.6 Å². The lowest BCUT2D eigenvalue weighted by Gasteiger charge is -2.36. The number of nitrogens with one attached hydrogen (secondary N) is 2. The van der Waals surface area contributed by atoms with Crippen molar-refractivity contribution in [2.24, 2.45) is 5.92 Å². The first kappa shape index (κ1) is 19.2. The number of carbonyl (C=O) groups excluding carboxylic acids is 1. The molecule has 1 amide bonds. The van der Waals surface area contributed by atoms with Crippen LogP contribution in [0.2, 0.25) is 5.02 Å². The Kier molecular flexibility index (Phi) is 5.85. The molecular formula is C22H25ClN2O3. The fourth-order valence-electron chi connectivity index (χ4n) is 4.22. The molecule has 0 aromatic heterocycles. The molecule has 28 heavy (non-hydrogen) atoms. The van der Waals surface area contributed by atoms with Crippen LogP contribution in [0, 0.1) is 5.92 Å². The summed E-state index contributed by atoms with van der Waals surface area (Å²) in [5.74, 6) is 0.303. The molecule has 0 spiro atoms. The van der Waals surface area contributed by atoms with Crippen molar-refractivity contribution in [3.05, 3.63) is 64.2 Å². The van der Waals surface area contributed by atoms with E-state index in [1.165, 1.54) is 5.56 Å². The van der Waals surface area contributed by atoms with Gasteiger partial charge in [-0.2, -0.15) is 0 Å². The molecular weight excluding hydrogens is 376 g/mol. The Morgan fingerprint density at radius 3 is 3.00 bits per heavy atom. The minimum Gasteiger partial charge on any atom is -0.396 e. The third kappa shape index (κ3) is 4.02. The van der Waals surface area contributed by atoms with Gasteiger partial charge in [0.2, 0.25) is 5.91 Å². The number of rotatable bonds is 6. The maximum absolute atomic E-state index is 12.1. The van der Waals surface area contributed by atoms with Gasteiger partial charge in [-0.05, 0) is 42.2 Å². The minimum atomic E-state index is -0.0298. The molecule has 3 N–H and O–H groups in total. The van der Waals surface area contributed by atoms with Crippen molar-refractivity contribution < 1.29 is 14.6 Å². The van der Waals surface area contributed by atoms with Crippen LogP contribution in [-0.2, 0) is 16.0 Å². The van der Waals surface area contributed by atoms with Gasteiger partial charge in [-0.15, -0.1) is 0 Å². The number of anilines is 1. The average molecular weight is 401 g/mol. The van der Waals surface area contributed by atoms with Crippen molar-refractivity contribution in [2.45, 2.75) is 31.4 Å². The van der Waals surface area contributed by atoms with Crippen molar-refractivity contribution in [3.8, 4) is 0 Å². The second kappa shape index (κ2) is 8.52. The van der Waals surface area contributed by atoms with Crippen molar-refractivity contribution in [1.82, 2.24) is 5.32 Å². The molecule has 0 radical (unpaired) electrons. The molecule has 5 nitrogen and oxygen atoms in total. The van der Waals surface area contributed by atoms with Crippen LogP contribution < -0.4 is 10.6 Å². The average Bonchev–Trinajstić information content (AvgIpc) is 3.18. The molecule has 2 aromatic rings. The Labute approximate surface area is 170 Å². The fourth-order valence-corrected chi connectivity index (χ4v) is 4.42. The first-order valence-corrected chi connectivity index (χ1v) is 10.2. The number of benzene rings is 2. The molecule has 4 rings (SSSR count). The largest absolute Gasteiger partial charge is 0.396 e. The first-order chi connectivity index (χ1) is 13.7. The normalized spacial score (nSPS) is 22.9. The second-order valence-electron chi connectivity index (χ2n) is 7.45. The summed E-state index contributed by atoms with van der Waals surface area (Å²) in [4.78, 5) is 12.1. The Bertz CT molecular complexity index is 857. The Morgan fingerprint density at radius 1 is 1.29 bits per heavy atom. The minimum absolute atomic E-state index is 0.0256. The van der Waals surface area contributed by atoms with E-state index in [2.05, 4.69) is 22.8 Å². The van der Waals surface area contributed by atoms with E-state index in [0.717, 1.165) is 34.9 Å². The molecule has 3 unspecified atom stereocenters. The molecule has 6 heteroatoms. The molecule has 148 valence electrons. The Morgan fingerprint density at radius 2 is 2.18 bits per heavy atom. The third-order valence-corrected chi connectivity index (χ3v) is 5.76. The maximum atomic E-state index is 12.1. The van der Waals surface area contributed by atoms with E-state index in [9.17, 15) is 4.79 Å². The summed E-state index contributed by atoms with van der Waals surface area (Å²) in [6, 6.07) is 14.3. The number of hydrogen-bond acceptors (Lipinski definition) is 4. The van der Waals surface area contributed by atoms with E-state index in [4.69, 9.17) is 21.4 Å². The van der Waals surface area contributed by atoms with Crippen LogP contribution in [0.1, 0.15) is 41.7 Å². The summed E-state index contributed by atoms with van der Waals surface area (Å²) < 4.78 is 6.10. The maximum Gasteiger partial charge on any atom is 0.224 e. The number of aliphatic hydroxyl groups is 1. The van der Waals surface area contributed by atoms with Gasteiger partial charge in [0.1, 0.15) is 0 Å². The molecule has 2 aromatic carbocycles. The smallest absolute Gasteiger partial charge is 0.224 e. The van der Waals surface area contributed by atoms with Crippen LogP contribution in [0.25, 0.3) is 0 Å². The molecule has 2 heterocycles. The lowest BCUT2D eigenvalue weighted by Crippen LogP contribution is -2.30. The van der Waals surface area contributed by atoms with E-state index < -0.39 is 0 Å². The SMILES string of the molecule is O=C(Cc1ccc2c(c1)C1OCCC1C(c1cccc(Cl)c1)N2)NCCCO. The fraction of sp³-hybridized carbons (Fsp3) is 0.409. The molecule has 0 saturated carbocycles. The zero-order chi connectivity index (χ0) is 19.5. The van der Waals surface area contributed by atoms with Crippen LogP contribution in [0.3, 0.4) is 0 Å². The van der Waals surface area contributed by atoms with Crippen LogP contribution in [0.5, 0.6) is 0 Å². The van der Waals surface area contributed by atoms with Crippen LogP contribution in [0.15, 0.2) is 42.5 Å². The zero-order valence-electron chi connectivity index (χ0n) is 15.7. The van der Waals surface area contributed by atoms with Gasteiger partial charge in [0.25, 0.3) is 0 Å². The van der Waals surface area contributed by atoms with E-state index in [-0.39, 0.29) is 24.7 Å². The van der Waals surface area contributed by atoms with Gasteiger partial charge in [-0.3, -0.25) is 4.79 Å². The molecule has 3 atom stereocenters. The lowest BCUT2D eigenvalue weighted by atomic mass is 9.80. The van der Waals surface area contributed by atoms with Crippen molar-refractivity contribution in [3.63, 3.8) is 0 Å². The summed E-state index contributed by atoms with van der Waals surface area (Å²) in [6.45, 7) is 1.31. The number of ether oxygens (including phenoxy) is 1. The predicted molar refractivity (Wildman–Crippen MR) is 109 cm³/mol. The van der Waals surface area contributed by atoms with Crippen molar-refractivity contribution >= 4 is 23.2 Å². The van der Waals surface area contributed by atoms with E-state index in [1.54, 1.807) is 0 Å². The summed E-state index contributed by atoms with van der Waals surface area (Å²) >= 11 is 6.21. The number of fused-ring (bicyclic) bond motifs is 3. The van der Waals surface area contributed by atoms with Gasteiger partial charge < -0.3 is 20.5 Å². The standard InChI is InChI=1S/C22H25ClN2O3/c23-16-4-1-3-15(13-16)21-17-7-10-28-22(17)18-11-14(5-6-19(18)25-21)12-20(27)24-8-2-9-26/h1,3-6,11,13,17,21-22,25-26H,2,7-10,12H2,(H,24,27). The van der Waals surface area contributed by atoms with E-state index in [0.29, 0.717) is 25.3 Å². The molecule has 1 saturated heterocycles. The lowest BCUT2D eigenvalue weighted by molar-refractivity contribution is -0.120. The van der Waals surface area contributed by atoms with Gasteiger partial charge in [-0.25, -0.2) is 0 Å². The quantitative estimate of drug-likeness (QED) is 0.647. The predicted octanol–water partition coefficient (Wildman–Crippen LogP) is 3.63. The van der Waals surface area contributed by atoms with E-state index in [1.807, 2.05) is 30.3 Å². The van der Waals surface area contributed by atoms with Crippen molar-refractivity contribution in [2.75, 3.05) is 25.1 Å². The van der Waals surface area contributed by atoms with Gasteiger partial charge in [0, 0.05) is 41.9 Å². The van der Waals surface area contributed by atoms with Crippen LogP contribution in [-0.4, -0.2) is 30.8 Å². The highest BCUT2D eigenvalue weighted by molar-refractivity contribution is 6.30. The number of halogens is 1. The van der Waals surface area contributed by atoms with Crippen molar-refractivity contribution in [1.29, 1.82) is 0 Å². The number of aliphatic hydroxyl groups excluding tert-OH is 1. The first-order valence-electron chi connectivity index (χ1n) is 9.79. The molecule has 0 aliphatic carbocycles. The Hall–Kier alpha value is -2.08. The van der Waals surface area contributed by atoms with Gasteiger partial charge in [0.05, 0.1) is 18.6 Å².